The fourth-order valence-corrected chi connectivity index (χ4v) is 3.26. The Kier molecular flexibility index (Phi) is 3.42. The summed E-state index contributed by atoms with van der Waals surface area (Å²) in [7, 11) is 0. The van der Waals surface area contributed by atoms with Crippen molar-refractivity contribution in [3.05, 3.63) is 37.6 Å². The monoisotopic (exact) mass is 307 g/mol. The van der Waals surface area contributed by atoms with Gasteiger partial charge in [-0.15, -0.1) is 21.5 Å². The lowest BCUT2D eigenvalue weighted by molar-refractivity contribution is -0.385. The zero-order valence-corrected chi connectivity index (χ0v) is 12.1. The number of aromatic nitrogens is 3. The second-order valence-electron chi connectivity index (χ2n) is 4.78. The Hall–Kier alpha value is -2.29. The highest BCUT2D eigenvalue weighted by atomic mass is 32.1. The van der Waals surface area contributed by atoms with Gasteiger partial charge < -0.3 is 9.88 Å². The van der Waals surface area contributed by atoms with Crippen LogP contribution < -0.4 is 5.32 Å². The van der Waals surface area contributed by atoms with E-state index >= 15 is 0 Å². The lowest BCUT2D eigenvalue weighted by Gasteiger charge is -2.04. The number of aryl methyl sites for hydroxylation is 2. The number of amides is 1. The summed E-state index contributed by atoms with van der Waals surface area (Å²) in [6, 6.07) is 1.31. The van der Waals surface area contributed by atoms with Crippen molar-refractivity contribution in [2.75, 3.05) is 0 Å². The van der Waals surface area contributed by atoms with Gasteiger partial charge in [0.05, 0.1) is 21.2 Å². The Bertz CT molecular complexity index is 721. The van der Waals surface area contributed by atoms with Crippen molar-refractivity contribution in [3.8, 4) is 0 Å². The molecule has 3 heterocycles. The number of carbonyl (C=O) groups excluding carboxylic acids is 1. The van der Waals surface area contributed by atoms with E-state index in [9.17, 15) is 14.9 Å². The molecule has 0 saturated carbocycles. The first-order chi connectivity index (χ1) is 10.1. The number of thiophene rings is 1. The van der Waals surface area contributed by atoms with Crippen molar-refractivity contribution < 1.29 is 9.72 Å². The van der Waals surface area contributed by atoms with E-state index in [0.29, 0.717) is 9.75 Å². The highest BCUT2D eigenvalue weighted by Crippen LogP contribution is 2.27. The summed E-state index contributed by atoms with van der Waals surface area (Å²) in [5.41, 5.74) is -0.0199. The Labute approximate surface area is 124 Å². The van der Waals surface area contributed by atoms with Crippen LogP contribution in [0.4, 0.5) is 5.69 Å². The van der Waals surface area contributed by atoms with E-state index < -0.39 is 4.92 Å². The molecule has 0 bridgehead atoms. The van der Waals surface area contributed by atoms with Crippen LogP contribution >= 0.6 is 11.3 Å². The number of nitrogens with zero attached hydrogens (tertiary/aromatic N) is 4. The van der Waals surface area contributed by atoms with Gasteiger partial charge in [0.25, 0.3) is 11.6 Å². The Morgan fingerprint density at radius 1 is 1.57 bits per heavy atom. The average molecular weight is 307 g/mol. The first-order valence-electron chi connectivity index (χ1n) is 6.50. The molecule has 0 aliphatic carbocycles. The van der Waals surface area contributed by atoms with Crippen LogP contribution in [0.1, 0.15) is 32.6 Å². The molecule has 9 heteroatoms. The maximum atomic E-state index is 12.0. The van der Waals surface area contributed by atoms with Crippen LogP contribution in [-0.2, 0) is 19.5 Å². The van der Waals surface area contributed by atoms with Crippen LogP contribution in [-0.4, -0.2) is 25.6 Å². The third kappa shape index (κ3) is 2.51. The number of nitro groups is 1. The Balaban J connectivity index is 1.69. The molecule has 1 N–H and O–H groups in total. The normalized spacial score (nSPS) is 13.2. The number of hydrogen-bond acceptors (Lipinski definition) is 6. The predicted octanol–water partition coefficient (Wildman–Crippen LogP) is 1.43. The van der Waals surface area contributed by atoms with Gasteiger partial charge in [-0.1, -0.05) is 0 Å². The van der Waals surface area contributed by atoms with Crippen molar-refractivity contribution in [2.24, 2.45) is 0 Å². The van der Waals surface area contributed by atoms with Crippen molar-refractivity contribution in [2.45, 2.75) is 32.9 Å². The topological polar surface area (TPSA) is 103 Å². The van der Waals surface area contributed by atoms with Crippen molar-refractivity contribution in [1.82, 2.24) is 20.1 Å². The fraction of sp³-hybridized carbons (Fsp3) is 0.417. The van der Waals surface area contributed by atoms with Crippen LogP contribution in [0.2, 0.25) is 0 Å². The minimum Gasteiger partial charge on any atom is -0.344 e. The molecule has 1 amide bonds. The molecule has 0 radical (unpaired) electrons. The van der Waals surface area contributed by atoms with Gasteiger partial charge in [0, 0.05) is 19.0 Å². The summed E-state index contributed by atoms with van der Waals surface area (Å²) in [5.74, 6) is 1.34. The first-order valence-corrected chi connectivity index (χ1v) is 7.32. The van der Waals surface area contributed by atoms with Gasteiger partial charge in [0.15, 0.2) is 5.82 Å². The van der Waals surface area contributed by atoms with Crippen molar-refractivity contribution in [1.29, 1.82) is 0 Å². The minimum atomic E-state index is -0.478. The highest BCUT2D eigenvalue weighted by Gasteiger charge is 2.21. The molecule has 0 unspecified atom stereocenters. The smallest absolute Gasteiger partial charge is 0.283 e. The van der Waals surface area contributed by atoms with E-state index in [0.717, 1.165) is 42.4 Å². The van der Waals surface area contributed by atoms with Gasteiger partial charge in [0.2, 0.25) is 0 Å². The molecule has 110 valence electrons. The highest BCUT2D eigenvalue weighted by molar-refractivity contribution is 7.14. The van der Waals surface area contributed by atoms with E-state index in [1.807, 2.05) is 4.57 Å². The second-order valence-corrected chi connectivity index (χ2v) is 6.04. The Morgan fingerprint density at radius 2 is 2.38 bits per heavy atom. The average Bonchev–Trinajstić information content (AvgIpc) is 3.10. The molecule has 8 nitrogen and oxygen atoms in total. The van der Waals surface area contributed by atoms with Gasteiger partial charge in [-0.2, -0.15) is 0 Å². The van der Waals surface area contributed by atoms with E-state index in [1.165, 1.54) is 6.07 Å². The third-order valence-corrected chi connectivity index (χ3v) is 4.44. The van der Waals surface area contributed by atoms with E-state index in [2.05, 4.69) is 15.5 Å². The molecule has 1 aliphatic rings. The summed E-state index contributed by atoms with van der Waals surface area (Å²) >= 11 is 1.12. The molecule has 2 aromatic heterocycles. The first kappa shape index (κ1) is 13.7. The van der Waals surface area contributed by atoms with Gasteiger partial charge in [0.1, 0.15) is 5.82 Å². The minimum absolute atomic E-state index is 0.0199. The van der Waals surface area contributed by atoms with E-state index in [4.69, 9.17) is 0 Å². The van der Waals surface area contributed by atoms with Gasteiger partial charge in [-0.25, -0.2) is 0 Å². The number of carbonyl (C=O) groups is 1. The summed E-state index contributed by atoms with van der Waals surface area (Å²) in [5, 5.41) is 21.6. The summed E-state index contributed by atoms with van der Waals surface area (Å²) in [6.07, 6.45) is 1.96. The van der Waals surface area contributed by atoms with Crippen LogP contribution in [0.3, 0.4) is 0 Å². The molecule has 2 aromatic rings. The lowest BCUT2D eigenvalue weighted by Crippen LogP contribution is -2.23. The van der Waals surface area contributed by atoms with Gasteiger partial charge in [-0.3, -0.25) is 14.9 Å². The molecule has 0 fully saturated rings. The number of rotatable bonds is 4. The number of fused-ring (bicyclic) bond motifs is 1. The molecule has 0 saturated heterocycles. The predicted molar refractivity (Wildman–Crippen MR) is 75.2 cm³/mol. The van der Waals surface area contributed by atoms with Gasteiger partial charge in [-0.05, 0) is 13.3 Å². The maximum absolute atomic E-state index is 12.0. The molecule has 21 heavy (non-hydrogen) atoms. The zero-order chi connectivity index (χ0) is 15.0. The van der Waals surface area contributed by atoms with Crippen LogP contribution in [0.5, 0.6) is 0 Å². The largest absolute Gasteiger partial charge is 0.344 e. The third-order valence-electron chi connectivity index (χ3n) is 3.41. The molecule has 0 atom stereocenters. The number of hydrogen-bond donors (Lipinski definition) is 1. The lowest BCUT2D eigenvalue weighted by atomic mass is 10.3. The second kappa shape index (κ2) is 5.24. The Morgan fingerprint density at radius 3 is 3.10 bits per heavy atom. The molecular weight excluding hydrogens is 294 g/mol. The standard InChI is InChI=1S/C12H13N5O3S/c1-7-8(17(19)20)5-9(21-7)12(18)13-6-11-15-14-10-3-2-4-16(10)11/h5H,2-4,6H2,1H3,(H,13,18). The van der Waals surface area contributed by atoms with E-state index in [1.54, 1.807) is 6.92 Å². The summed E-state index contributed by atoms with van der Waals surface area (Å²) < 4.78 is 2.00. The zero-order valence-electron chi connectivity index (χ0n) is 11.3. The fourth-order valence-electron chi connectivity index (χ4n) is 2.35. The molecule has 0 spiro atoms. The van der Waals surface area contributed by atoms with E-state index in [-0.39, 0.29) is 18.1 Å². The SMILES string of the molecule is Cc1sc(C(=O)NCc2nnc3n2CCC3)cc1[N+](=O)[O-]. The molecular formula is C12H13N5O3S. The van der Waals surface area contributed by atoms with Gasteiger partial charge >= 0.3 is 0 Å². The van der Waals surface area contributed by atoms with Crippen molar-refractivity contribution in [3.63, 3.8) is 0 Å². The summed E-state index contributed by atoms with van der Waals surface area (Å²) in [4.78, 5) is 23.2. The van der Waals surface area contributed by atoms with Crippen LogP contribution in [0.25, 0.3) is 0 Å². The maximum Gasteiger partial charge on any atom is 0.283 e. The van der Waals surface area contributed by atoms with Crippen LogP contribution in [0, 0.1) is 17.0 Å². The summed E-state index contributed by atoms with van der Waals surface area (Å²) in [6.45, 7) is 2.78. The molecule has 1 aliphatic heterocycles. The molecule has 3 rings (SSSR count). The van der Waals surface area contributed by atoms with Crippen molar-refractivity contribution >= 4 is 22.9 Å². The number of nitrogens with one attached hydrogen (secondary N) is 1. The quantitative estimate of drug-likeness (QED) is 0.680. The van der Waals surface area contributed by atoms with Crippen LogP contribution in [0.15, 0.2) is 6.07 Å². The molecule has 0 aromatic carbocycles.